The van der Waals surface area contributed by atoms with Gasteiger partial charge in [0, 0.05) is 19.6 Å². The zero-order valence-corrected chi connectivity index (χ0v) is 20.2. The minimum atomic E-state index is 0. The fraction of sp³-hybridized carbons (Fsp3) is 0.696. The van der Waals surface area contributed by atoms with Gasteiger partial charge in [-0.15, -0.1) is 24.0 Å². The third-order valence-corrected chi connectivity index (χ3v) is 6.36. The standard InChI is InChI=1S/C23H36N4O.HI/c1-3-24-23(26-21-13-20-10-11-22(21)28-20)25-14-18-6-8-19(9-7-18)16-27-12-4-5-17(2)15-27;/h6-9,17,20-22H,3-5,10-16H2,1-2H3,(H2,24,25,26);1H. The summed E-state index contributed by atoms with van der Waals surface area (Å²) in [4.78, 5) is 7.40. The number of halogens is 1. The zero-order valence-electron chi connectivity index (χ0n) is 17.9. The predicted octanol–water partition coefficient (Wildman–Crippen LogP) is 3.91. The van der Waals surface area contributed by atoms with E-state index in [4.69, 9.17) is 9.73 Å². The maximum atomic E-state index is 5.96. The van der Waals surface area contributed by atoms with Crippen molar-refractivity contribution in [2.45, 2.75) is 77.3 Å². The van der Waals surface area contributed by atoms with Crippen molar-refractivity contribution in [2.24, 2.45) is 10.9 Å². The molecule has 3 fully saturated rings. The fourth-order valence-electron chi connectivity index (χ4n) is 4.89. The molecule has 162 valence electrons. The lowest BCUT2D eigenvalue weighted by Crippen LogP contribution is -2.47. The number of benzene rings is 1. The van der Waals surface area contributed by atoms with Gasteiger partial charge in [0.1, 0.15) is 0 Å². The highest BCUT2D eigenvalue weighted by Crippen LogP contribution is 2.34. The van der Waals surface area contributed by atoms with E-state index in [1.165, 1.54) is 49.9 Å². The minimum absolute atomic E-state index is 0. The number of nitrogens with zero attached hydrogens (tertiary/aromatic N) is 2. The van der Waals surface area contributed by atoms with Crippen LogP contribution in [0.5, 0.6) is 0 Å². The molecule has 1 aromatic rings. The van der Waals surface area contributed by atoms with E-state index in [1.54, 1.807) is 0 Å². The molecular formula is C23H37IN4O. The molecule has 3 aliphatic heterocycles. The van der Waals surface area contributed by atoms with E-state index < -0.39 is 0 Å². The summed E-state index contributed by atoms with van der Waals surface area (Å²) in [5.74, 6) is 1.75. The molecule has 4 unspecified atom stereocenters. The first kappa shape index (κ1) is 22.8. The van der Waals surface area contributed by atoms with Gasteiger partial charge in [-0.1, -0.05) is 31.2 Å². The highest BCUT2D eigenvalue weighted by atomic mass is 127. The number of ether oxygens (including phenoxy) is 1. The molecule has 4 rings (SSSR count). The molecule has 2 N–H and O–H groups in total. The quantitative estimate of drug-likeness (QED) is 0.345. The first-order valence-electron chi connectivity index (χ1n) is 11.2. The van der Waals surface area contributed by atoms with Crippen LogP contribution in [0.15, 0.2) is 29.3 Å². The van der Waals surface area contributed by atoms with Gasteiger partial charge < -0.3 is 15.4 Å². The Labute approximate surface area is 193 Å². The number of fused-ring (bicyclic) bond motifs is 2. The highest BCUT2D eigenvalue weighted by molar-refractivity contribution is 14.0. The number of piperidine rings is 1. The predicted molar refractivity (Wildman–Crippen MR) is 130 cm³/mol. The molecule has 3 saturated heterocycles. The number of nitrogens with one attached hydrogen (secondary N) is 2. The number of hydrogen-bond acceptors (Lipinski definition) is 3. The molecule has 0 aliphatic carbocycles. The summed E-state index contributed by atoms with van der Waals surface area (Å²) in [6.45, 7) is 9.61. The Kier molecular flexibility index (Phi) is 8.62. The second-order valence-corrected chi connectivity index (χ2v) is 8.85. The van der Waals surface area contributed by atoms with Crippen LogP contribution in [0.4, 0.5) is 0 Å². The summed E-state index contributed by atoms with van der Waals surface area (Å²) in [6.07, 6.45) is 7.05. The van der Waals surface area contributed by atoms with Crippen molar-refractivity contribution in [3.05, 3.63) is 35.4 Å². The van der Waals surface area contributed by atoms with Gasteiger partial charge in [0.05, 0.1) is 24.8 Å². The van der Waals surface area contributed by atoms with Crippen LogP contribution < -0.4 is 10.6 Å². The molecule has 0 amide bonds. The summed E-state index contributed by atoms with van der Waals surface area (Å²) in [5.41, 5.74) is 2.67. The molecule has 3 aliphatic rings. The molecule has 0 radical (unpaired) electrons. The molecule has 4 atom stereocenters. The first-order valence-corrected chi connectivity index (χ1v) is 11.2. The third-order valence-electron chi connectivity index (χ3n) is 6.36. The van der Waals surface area contributed by atoms with Crippen molar-refractivity contribution in [2.75, 3.05) is 19.6 Å². The zero-order chi connectivity index (χ0) is 19.3. The van der Waals surface area contributed by atoms with E-state index >= 15 is 0 Å². The van der Waals surface area contributed by atoms with Crippen LogP contribution in [0.1, 0.15) is 57.1 Å². The molecule has 29 heavy (non-hydrogen) atoms. The van der Waals surface area contributed by atoms with Crippen molar-refractivity contribution in [1.82, 2.24) is 15.5 Å². The topological polar surface area (TPSA) is 48.9 Å². The van der Waals surface area contributed by atoms with E-state index in [2.05, 4.69) is 53.6 Å². The van der Waals surface area contributed by atoms with Gasteiger partial charge in [0.15, 0.2) is 5.96 Å². The average molecular weight is 512 g/mol. The van der Waals surface area contributed by atoms with Crippen LogP contribution in [-0.2, 0) is 17.8 Å². The molecule has 0 spiro atoms. The molecule has 3 heterocycles. The van der Waals surface area contributed by atoms with E-state index in [0.717, 1.165) is 31.4 Å². The number of guanidine groups is 1. The maximum Gasteiger partial charge on any atom is 0.191 e. The van der Waals surface area contributed by atoms with E-state index in [9.17, 15) is 0 Å². The Morgan fingerprint density at radius 3 is 2.62 bits per heavy atom. The minimum Gasteiger partial charge on any atom is -0.373 e. The van der Waals surface area contributed by atoms with Gasteiger partial charge in [0.2, 0.25) is 0 Å². The Balaban J connectivity index is 0.00000240. The van der Waals surface area contributed by atoms with Crippen molar-refractivity contribution >= 4 is 29.9 Å². The number of likely N-dealkylation sites (tertiary alicyclic amines) is 1. The van der Waals surface area contributed by atoms with Crippen molar-refractivity contribution in [3.8, 4) is 0 Å². The van der Waals surface area contributed by atoms with Gasteiger partial charge in [0.25, 0.3) is 0 Å². The van der Waals surface area contributed by atoms with Gasteiger partial charge in [-0.2, -0.15) is 0 Å². The summed E-state index contributed by atoms with van der Waals surface area (Å²) in [6, 6.07) is 9.42. The van der Waals surface area contributed by atoms with Crippen molar-refractivity contribution < 1.29 is 4.74 Å². The summed E-state index contributed by atoms with van der Waals surface area (Å²) >= 11 is 0. The molecular weight excluding hydrogens is 475 g/mol. The van der Waals surface area contributed by atoms with Crippen molar-refractivity contribution in [3.63, 3.8) is 0 Å². The van der Waals surface area contributed by atoms with Gasteiger partial charge in [-0.25, -0.2) is 4.99 Å². The van der Waals surface area contributed by atoms with Crippen LogP contribution in [0.3, 0.4) is 0 Å². The fourth-order valence-corrected chi connectivity index (χ4v) is 4.89. The SMILES string of the molecule is CCNC(=NCc1ccc(CN2CCCC(C)C2)cc1)NC1CC2CCC1O2.I. The molecule has 0 aromatic heterocycles. The highest BCUT2D eigenvalue weighted by Gasteiger charge is 2.41. The lowest BCUT2D eigenvalue weighted by molar-refractivity contribution is 0.0992. The number of rotatable bonds is 6. The largest absolute Gasteiger partial charge is 0.373 e. The summed E-state index contributed by atoms with van der Waals surface area (Å²) < 4.78 is 5.96. The Morgan fingerprint density at radius 1 is 1.17 bits per heavy atom. The number of hydrogen-bond donors (Lipinski definition) is 2. The molecule has 2 bridgehead atoms. The van der Waals surface area contributed by atoms with E-state index in [1.807, 2.05) is 0 Å². The smallest absolute Gasteiger partial charge is 0.191 e. The van der Waals surface area contributed by atoms with Crippen LogP contribution in [0.2, 0.25) is 0 Å². The second kappa shape index (κ2) is 11.0. The van der Waals surface area contributed by atoms with Crippen LogP contribution in [0, 0.1) is 5.92 Å². The molecule has 6 heteroatoms. The van der Waals surface area contributed by atoms with Gasteiger partial charge >= 0.3 is 0 Å². The monoisotopic (exact) mass is 512 g/mol. The van der Waals surface area contributed by atoms with Crippen molar-refractivity contribution in [1.29, 1.82) is 0 Å². The third kappa shape index (κ3) is 6.31. The Morgan fingerprint density at radius 2 is 1.97 bits per heavy atom. The van der Waals surface area contributed by atoms with E-state index in [-0.39, 0.29) is 24.0 Å². The molecule has 1 aromatic carbocycles. The Hall–Kier alpha value is -0.860. The molecule has 5 nitrogen and oxygen atoms in total. The first-order chi connectivity index (χ1) is 13.7. The summed E-state index contributed by atoms with van der Waals surface area (Å²) in [5, 5.41) is 6.98. The second-order valence-electron chi connectivity index (χ2n) is 8.85. The van der Waals surface area contributed by atoms with Crippen LogP contribution in [-0.4, -0.2) is 48.7 Å². The maximum absolute atomic E-state index is 5.96. The van der Waals surface area contributed by atoms with Gasteiger partial charge in [-0.3, -0.25) is 4.90 Å². The lowest BCUT2D eigenvalue weighted by atomic mass is 9.96. The van der Waals surface area contributed by atoms with Crippen LogP contribution >= 0.6 is 24.0 Å². The van der Waals surface area contributed by atoms with Crippen LogP contribution in [0.25, 0.3) is 0 Å². The van der Waals surface area contributed by atoms with E-state index in [0.29, 0.717) is 24.8 Å². The number of aliphatic imine (C=N–C) groups is 1. The normalized spacial score (nSPS) is 29.5. The lowest BCUT2D eigenvalue weighted by Gasteiger charge is -2.30. The Bertz CT molecular complexity index is 665. The molecule has 0 saturated carbocycles. The summed E-state index contributed by atoms with van der Waals surface area (Å²) in [7, 11) is 0. The average Bonchev–Trinajstić information content (AvgIpc) is 3.31. The van der Waals surface area contributed by atoms with Gasteiger partial charge in [-0.05, 0) is 62.6 Å².